The summed E-state index contributed by atoms with van der Waals surface area (Å²) in [6, 6.07) is 2.65. The van der Waals surface area contributed by atoms with Crippen LogP contribution in [0.3, 0.4) is 0 Å². The summed E-state index contributed by atoms with van der Waals surface area (Å²) in [7, 11) is 0. The van der Waals surface area contributed by atoms with Crippen molar-refractivity contribution in [2.45, 2.75) is 77.5 Å². The molecule has 2 atom stereocenters. The predicted octanol–water partition coefficient (Wildman–Crippen LogP) is 4.50. The van der Waals surface area contributed by atoms with Gasteiger partial charge in [-0.15, -0.1) is 0 Å². The molecule has 1 aromatic rings. The number of benzene rings is 1. The Labute approximate surface area is 181 Å². The van der Waals surface area contributed by atoms with E-state index < -0.39 is 52.9 Å². The smallest absolute Gasteiger partial charge is 0.420 e. The van der Waals surface area contributed by atoms with Gasteiger partial charge in [0.2, 0.25) is 5.91 Å². The predicted molar refractivity (Wildman–Crippen MR) is 109 cm³/mol. The summed E-state index contributed by atoms with van der Waals surface area (Å²) in [5.41, 5.74) is -1.69. The largest absolute Gasteiger partial charge is 0.443 e. The molecule has 0 bridgehead atoms. The second-order valence-electron chi connectivity index (χ2n) is 9.51. The Kier molecular flexibility index (Phi) is 7.28. The molecule has 0 aromatic heterocycles. The third kappa shape index (κ3) is 6.63. The molecule has 1 aliphatic heterocycles. The molecule has 0 saturated carbocycles. The second kappa shape index (κ2) is 9.20. The number of rotatable bonds is 2. The standard InChI is InChI=1S/C22H30F2N2O5/c1-21(2,3)30-19(28)26(20(29)31-22(4,5)6)16-11-10-13(12-25-18(16)27)14-8-7-9-15(23)17(14)24/h7-9,13,16H,10-12H2,1-6H3,(H,25,27). The fourth-order valence-corrected chi connectivity index (χ4v) is 3.23. The zero-order valence-corrected chi connectivity index (χ0v) is 18.8. The van der Waals surface area contributed by atoms with E-state index in [9.17, 15) is 23.2 Å². The van der Waals surface area contributed by atoms with Crippen molar-refractivity contribution in [1.29, 1.82) is 0 Å². The summed E-state index contributed by atoms with van der Waals surface area (Å²) in [6.45, 7) is 9.83. The van der Waals surface area contributed by atoms with Crippen LogP contribution in [0.2, 0.25) is 0 Å². The summed E-state index contributed by atoms with van der Waals surface area (Å²) >= 11 is 0. The maximum atomic E-state index is 14.3. The van der Waals surface area contributed by atoms with Gasteiger partial charge in [0.25, 0.3) is 0 Å². The van der Waals surface area contributed by atoms with Gasteiger partial charge in [-0.3, -0.25) is 4.79 Å². The Hall–Kier alpha value is -2.71. The third-order valence-electron chi connectivity index (χ3n) is 4.53. The van der Waals surface area contributed by atoms with Gasteiger partial charge in [-0.2, -0.15) is 4.90 Å². The van der Waals surface area contributed by atoms with E-state index >= 15 is 0 Å². The van der Waals surface area contributed by atoms with E-state index in [1.54, 1.807) is 41.5 Å². The van der Waals surface area contributed by atoms with Crippen LogP contribution in [0, 0.1) is 11.6 Å². The first-order chi connectivity index (χ1) is 14.2. The molecule has 2 rings (SSSR count). The number of ether oxygens (including phenoxy) is 2. The van der Waals surface area contributed by atoms with Crippen LogP contribution < -0.4 is 5.32 Å². The molecule has 1 N–H and O–H groups in total. The Morgan fingerprint density at radius 3 is 2.06 bits per heavy atom. The lowest BCUT2D eigenvalue weighted by Crippen LogP contribution is -2.54. The summed E-state index contributed by atoms with van der Waals surface area (Å²) in [6.07, 6.45) is -1.77. The fourth-order valence-electron chi connectivity index (χ4n) is 3.23. The first kappa shape index (κ1) is 24.6. The first-order valence-corrected chi connectivity index (χ1v) is 10.2. The minimum absolute atomic E-state index is 0.0327. The van der Waals surface area contributed by atoms with Crippen LogP contribution in [-0.2, 0) is 14.3 Å². The highest BCUT2D eigenvalue weighted by molar-refractivity contribution is 5.95. The van der Waals surface area contributed by atoms with Crippen LogP contribution >= 0.6 is 0 Å². The van der Waals surface area contributed by atoms with Gasteiger partial charge >= 0.3 is 12.2 Å². The van der Waals surface area contributed by atoms with E-state index in [1.807, 2.05) is 0 Å². The van der Waals surface area contributed by atoms with E-state index in [1.165, 1.54) is 12.1 Å². The monoisotopic (exact) mass is 440 g/mol. The molecule has 1 heterocycles. The van der Waals surface area contributed by atoms with E-state index in [4.69, 9.17) is 9.47 Å². The lowest BCUT2D eigenvalue weighted by Gasteiger charge is -2.32. The van der Waals surface area contributed by atoms with Crippen molar-refractivity contribution in [3.8, 4) is 0 Å². The first-order valence-electron chi connectivity index (χ1n) is 10.2. The zero-order chi connectivity index (χ0) is 23.6. The van der Waals surface area contributed by atoms with Gasteiger partial charge in [0.15, 0.2) is 11.6 Å². The Morgan fingerprint density at radius 2 is 1.55 bits per heavy atom. The summed E-state index contributed by atoms with van der Waals surface area (Å²) in [5, 5.41) is 2.62. The SMILES string of the molecule is CC(C)(C)OC(=O)N(C(=O)OC(C)(C)C)C1CCC(c2cccc(F)c2F)CNC1=O. The second-order valence-corrected chi connectivity index (χ2v) is 9.51. The highest BCUT2D eigenvalue weighted by Crippen LogP contribution is 2.29. The number of imide groups is 1. The Balaban J connectivity index is 2.32. The van der Waals surface area contributed by atoms with Crippen LogP contribution in [0.15, 0.2) is 18.2 Å². The molecule has 0 spiro atoms. The Morgan fingerprint density at radius 1 is 1.00 bits per heavy atom. The molecule has 3 amide bonds. The van der Waals surface area contributed by atoms with Crippen molar-refractivity contribution in [1.82, 2.24) is 10.2 Å². The fraction of sp³-hybridized carbons (Fsp3) is 0.591. The van der Waals surface area contributed by atoms with Crippen LogP contribution in [0.1, 0.15) is 65.9 Å². The summed E-state index contributed by atoms with van der Waals surface area (Å²) in [5.74, 6) is -3.08. The van der Waals surface area contributed by atoms with Crippen molar-refractivity contribution in [2.24, 2.45) is 0 Å². The highest BCUT2D eigenvalue weighted by atomic mass is 19.2. The molecule has 0 radical (unpaired) electrons. The number of halogens is 2. The summed E-state index contributed by atoms with van der Waals surface area (Å²) in [4.78, 5) is 39.1. The maximum absolute atomic E-state index is 14.3. The van der Waals surface area contributed by atoms with Crippen molar-refractivity contribution in [2.75, 3.05) is 6.54 Å². The van der Waals surface area contributed by atoms with Crippen molar-refractivity contribution in [3.63, 3.8) is 0 Å². The number of hydrogen-bond acceptors (Lipinski definition) is 5. The molecular formula is C22H30F2N2O5. The Bertz CT molecular complexity index is 817. The molecule has 9 heteroatoms. The zero-order valence-electron chi connectivity index (χ0n) is 18.8. The topological polar surface area (TPSA) is 84.9 Å². The number of hydrogen-bond donors (Lipinski definition) is 1. The van der Waals surface area contributed by atoms with Gasteiger partial charge in [-0.25, -0.2) is 18.4 Å². The van der Waals surface area contributed by atoms with Crippen molar-refractivity contribution >= 4 is 18.1 Å². The van der Waals surface area contributed by atoms with E-state index in [2.05, 4.69) is 5.32 Å². The molecule has 31 heavy (non-hydrogen) atoms. The van der Waals surface area contributed by atoms with Crippen LogP contribution in [0.25, 0.3) is 0 Å². The van der Waals surface area contributed by atoms with Gasteiger partial charge in [0, 0.05) is 12.5 Å². The molecule has 1 saturated heterocycles. The minimum Gasteiger partial charge on any atom is -0.443 e. The van der Waals surface area contributed by atoms with E-state index in [-0.39, 0.29) is 24.9 Å². The molecule has 1 aromatic carbocycles. The molecule has 2 unspecified atom stereocenters. The van der Waals surface area contributed by atoms with Crippen molar-refractivity contribution in [3.05, 3.63) is 35.4 Å². The number of carbonyl (C=O) groups excluding carboxylic acids is 3. The maximum Gasteiger partial charge on any atom is 0.420 e. The molecule has 0 aliphatic carbocycles. The number of nitrogens with zero attached hydrogens (tertiary/aromatic N) is 1. The van der Waals surface area contributed by atoms with E-state index in [0.717, 1.165) is 6.07 Å². The van der Waals surface area contributed by atoms with Gasteiger partial charge in [0.1, 0.15) is 17.2 Å². The van der Waals surface area contributed by atoms with Gasteiger partial charge in [-0.05, 0) is 66.0 Å². The number of nitrogens with one attached hydrogen (secondary N) is 1. The minimum atomic E-state index is -1.22. The number of carbonyl (C=O) groups is 3. The van der Waals surface area contributed by atoms with Crippen LogP contribution in [0.5, 0.6) is 0 Å². The van der Waals surface area contributed by atoms with Gasteiger partial charge in [-0.1, -0.05) is 12.1 Å². The molecule has 1 aliphatic rings. The average Bonchev–Trinajstić information content (AvgIpc) is 2.77. The van der Waals surface area contributed by atoms with Gasteiger partial charge < -0.3 is 14.8 Å². The normalized spacial score (nSPS) is 19.8. The third-order valence-corrected chi connectivity index (χ3v) is 4.53. The lowest BCUT2D eigenvalue weighted by molar-refractivity contribution is -0.126. The number of amides is 3. The molecule has 7 nitrogen and oxygen atoms in total. The van der Waals surface area contributed by atoms with E-state index in [0.29, 0.717) is 4.90 Å². The summed E-state index contributed by atoms with van der Waals surface area (Å²) < 4.78 is 38.5. The lowest BCUT2D eigenvalue weighted by atomic mass is 9.93. The van der Waals surface area contributed by atoms with Gasteiger partial charge in [0.05, 0.1) is 0 Å². The molecular weight excluding hydrogens is 410 g/mol. The quantitative estimate of drug-likeness (QED) is 0.732. The van der Waals surface area contributed by atoms with Crippen molar-refractivity contribution < 1.29 is 32.6 Å². The average molecular weight is 440 g/mol. The van der Waals surface area contributed by atoms with Crippen LogP contribution in [-0.4, -0.2) is 46.8 Å². The van der Waals surface area contributed by atoms with Crippen LogP contribution in [0.4, 0.5) is 18.4 Å². The molecule has 1 fully saturated rings. The molecule has 172 valence electrons. The highest BCUT2D eigenvalue weighted by Gasteiger charge is 2.41.